The van der Waals surface area contributed by atoms with E-state index in [1.807, 2.05) is 17.0 Å². The van der Waals surface area contributed by atoms with Gasteiger partial charge in [-0.1, -0.05) is 72.3 Å². The van der Waals surface area contributed by atoms with E-state index in [1.54, 1.807) is 0 Å². The van der Waals surface area contributed by atoms with Gasteiger partial charge >= 0.3 is 0 Å². The highest BCUT2D eigenvalue weighted by Gasteiger charge is 2.29. The first-order chi connectivity index (χ1) is 14.1. The van der Waals surface area contributed by atoms with Crippen molar-refractivity contribution in [3.8, 4) is 0 Å². The molecule has 0 aromatic heterocycles. The Morgan fingerprint density at radius 3 is 1.90 bits per heavy atom. The van der Waals surface area contributed by atoms with E-state index >= 15 is 0 Å². The minimum absolute atomic E-state index is 0.144. The van der Waals surface area contributed by atoms with Gasteiger partial charge in [-0.2, -0.15) is 0 Å². The maximum absolute atomic E-state index is 13.1. The molecule has 3 aromatic rings. The molecule has 0 saturated carbocycles. The Morgan fingerprint density at radius 1 is 0.828 bits per heavy atom. The lowest BCUT2D eigenvalue weighted by Crippen LogP contribution is -2.50. The fourth-order valence-corrected chi connectivity index (χ4v) is 4.93. The van der Waals surface area contributed by atoms with Crippen LogP contribution >= 0.6 is 22.6 Å². The lowest BCUT2D eigenvalue weighted by atomic mass is 9.96. The molecule has 4 heteroatoms. The lowest BCUT2D eigenvalue weighted by molar-refractivity contribution is 0.0596. The summed E-state index contributed by atoms with van der Waals surface area (Å²) in [6, 6.07) is 27.6. The Kier molecular flexibility index (Phi) is 6.31. The van der Waals surface area contributed by atoms with Crippen LogP contribution in [-0.4, -0.2) is 41.9 Å². The first-order valence-electron chi connectivity index (χ1n) is 10.0. The Labute approximate surface area is 186 Å². The number of benzene rings is 3. The molecule has 0 radical (unpaired) electrons. The van der Waals surface area contributed by atoms with Crippen LogP contribution < -0.4 is 0 Å². The Morgan fingerprint density at radius 2 is 1.38 bits per heavy atom. The highest BCUT2D eigenvalue weighted by atomic mass is 127. The molecule has 148 valence electrons. The summed E-state index contributed by atoms with van der Waals surface area (Å²) in [6.07, 6.45) is 0. The zero-order valence-corrected chi connectivity index (χ0v) is 18.7. The molecule has 0 N–H and O–H groups in total. The molecule has 0 atom stereocenters. The van der Waals surface area contributed by atoms with E-state index in [0.717, 1.165) is 35.3 Å². The Bertz CT molecular complexity index is 927. The average molecular weight is 496 g/mol. The number of carbonyl (C=O) groups excluding carboxylic acids is 1. The maximum atomic E-state index is 13.1. The van der Waals surface area contributed by atoms with Crippen molar-refractivity contribution in [3.05, 3.63) is 105 Å². The quantitative estimate of drug-likeness (QED) is 0.467. The third-order valence-corrected chi connectivity index (χ3v) is 6.44. The number of rotatable bonds is 4. The summed E-state index contributed by atoms with van der Waals surface area (Å²) >= 11 is 2.27. The largest absolute Gasteiger partial charge is 0.336 e. The predicted molar refractivity (Wildman–Crippen MR) is 126 cm³/mol. The maximum Gasteiger partial charge on any atom is 0.255 e. The van der Waals surface area contributed by atoms with Gasteiger partial charge in [-0.05, 0) is 52.8 Å². The molecule has 1 aliphatic rings. The van der Waals surface area contributed by atoms with E-state index in [1.165, 1.54) is 16.7 Å². The fraction of sp³-hybridized carbons (Fsp3) is 0.240. The second-order valence-corrected chi connectivity index (χ2v) is 8.70. The number of aryl methyl sites for hydroxylation is 1. The third kappa shape index (κ3) is 4.54. The first-order valence-corrected chi connectivity index (χ1v) is 11.1. The number of hydrogen-bond acceptors (Lipinski definition) is 2. The molecule has 1 fully saturated rings. The van der Waals surface area contributed by atoms with Crippen molar-refractivity contribution >= 4 is 28.5 Å². The smallest absolute Gasteiger partial charge is 0.255 e. The van der Waals surface area contributed by atoms with Gasteiger partial charge in [0, 0.05) is 29.7 Å². The van der Waals surface area contributed by atoms with Crippen molar-refractivity contribution in [3.63, 3.8) is 0 Å². The van der Waals surface area contributed by atoms with Crippen LogP contribution in [0.3, 0.4) is 0 Å². The second-order valence-electron chi connectivity index (χ2n) is 7.54. The molecule has 3 aromatic carbocycles. The summed E-state index contributed by atoms with van der Waals surface area (Å²) in [5, 5.41) is 0. The van der Waals surface area contributed by atoms with Gasteiger partial charge in [0.1, 0.15) is 0 Å². The molecule has 1 saturated heterocycles. The summed E-state index contributed by atoms with van der Waals surface area (Å²) in [5.74, 6) is 0.144. The molecule has 0 unspecified atom stereocenters. The highest BCUT2D eigenvalue weighted by Crippen LogP contribution is 2.29. The van der Waals surface area contributed by atoms with Crippen LogP contribution in [0.15, 0.2) is 78.9 Å². The molecule has 0 spiro atoms. The van der Waals surface area contributed by atoms with Gasteiger partial charge in [-0.15, -0.1) is 0 Å². The number of carbonyl (C=O) groups is 1. The van der Waals surface area contributed by atoms with Crippen molar-refractivity contribution < 1.29 is 4.79 Å². The van der Waals surface area contributed by atoms with Crippen molar-refractivity contribution in [2.75, 3.05) is 26.2 Å². The topological polar surface area (TPSA) is 23.6 Å². The normalized spacial score (nSPS) is 14.9. The van der Waals surface area contributed by atoms with Crippen molar-refractivity contribution in [1.29, 1.82) is 0 Å². The molecule has 3 nitrogen and oxygen atoms in total. The minimum atomic E-state index is 0.144. The van der Waals surface area contributed by atoms with Gasteiger partial charge < -0.3 is 4.90 Å². The van der Waals surface area contributed by atoms with Gasteiger partial charge in [0.2, 0.25) is 0 Å². The minimum Gasteiger partial charge on any atom is -0.336 e. The number of piperazine rings is 1. The van der Waals surface area contributed by atoms with Crippen LogP contribution in [-0.2, 0) is 0 Å². The van der Waals surface area contributed by atoms with Crippen molar-refractivity contribution in [1.82, 2.24) is 9.80 Å². The monoisotopic (exact) mass is 496 g/mol. The summed E-state index contributed by atoms with van der Waals surface area (Å²) in [5.41, 5.74) is 4.59. The highest BCUT2D eigenvalue weighted by molar-refractivity contribution is 14.1. The van der Waals surface area contributed by atoms with Crippen LogP contribution in [0, 0.1) is 10.5 Å². The van der Waals surface area contributed by atoms with Crippen molar-refractivity contribution in [2.24, 2.45) is 0 Å². The Hall–Kier alpha value is -2.18. The predicted octanol–water partition coefficient (Wildman–Crippen LogP) is 5.15. The van der Waals surface area contributed by atoms with Gasteiger partial charge in [0.05, 0.1) is 11.6 Å². The molecular formula is C25H25IN2O. The van der Waals surface area contributed by atoms with Crippen LogP contribution in [0.5, 0.6) is 0 Å². The fourth-order valence-electron chi connectivity index (χ4n) is 4.03. The molecule has 4 rings (SSSR count). The summed E-state index contributed by atoms with van der Waals surface area (Å²) in [6.45, 7) is 5.28. The molecular weight excluding hydrogens is 471 g/mol. The lowest BCUT2D eigenvalue weighted by Gasteiger charge is -2.40. The van der Waals surface area contributed by atoms with Crippen LogP contribution in [0.2, 0.25) is 0 Å². The number of halogens is 1. The van der Waals surface area contributed by atoms with Gasteiger partial charge in [0.15, 0.2) is 0 Å². The van der Waals surface area contributed by atoms with Gasteiger partial charge in [-0.25, -0.2) is 0 Å². The first kappa shape index (κ1) is 20.1. The molecule has 1 amide bonds. The molecule has 0 aliphatic carbocycles. The van der Waals surface area contributed by atoms with Crippen LogP contribution in [0.25, 0.3) is 0 Å². The Balaban J connectivity index is 1.52. The summed E-state index contributed by atoms with van der Waals surface area (Å²) in [7, 11) is 0. The SMILES string of the molecule is Cc1ccc(C(=O)N2CCN(C(c3ccccc3)c3ccccc3)CC2)c(I)c1. The number of nitrogens with zero attached hydrogens (tertiary/aromatic N) is 2. The van der Waals surface area contributed by atoms with E-state index in [4.69, 9.17) is 0 Å². The third-order valence-electron chi connectivity index (χ3n) is 5.55. The van der Waals surface area contributed by atoms with Gasteiger partial charge in [-0.3, -0.25) is 9.69 Å². The van der Waals surface area contributed by atoms with E-state index in [0.29, 0.717) is 0 Å². The van der Waals surface area contributed by atoms with Crippen LogP contribution in [0.1, 0.15) is 33.1 Å². The molecule has 1 aliphatic heterocycles. The molecule has 0 bridgehead atoms. The number of amides is 1. The molecule has 1 heterocycles. The second kappa shape index (κ2) is 9.09. The zero-order valence-electron chi connectivity index (χ0n) is 16.6. The average Bonchev–Trinajstić information content (AvgIpc) is 2.76. The molecule has 29 heavy (non-hydrogen) atoms. The van der Waals surface area contributed by atoms with E-state index in [2.05, 4.69) is 101 Å². The number of hydrogen-bond donors (Lipinski definition) is 0. The summed E-state index contributed by atoms with van der Waals surface area (Å²) in [4.78, 5) is 17.5. The van der Waals surface area contributed by atoms with Crippen molar-refractivity contribution in [2.45, 2.75) is 13.0 Å². The standard InChI is InChI=1S/C25H25IN2O/c1-19-12-13-22(23(26)18-19)25(29)28-16-14-27(15-17-28)24(20-8-4-2-5-9-20)21-10-6-3-7-11-21/h2-13,18,24H,14-17H2,1H3. The van der Waals surface area contributed by atoms with Crippen LogP contribution in [0.4, 0.5) is 0 Å². The van der Waals surface area contributed by atoms with E-state index in [9.17, 15) is 4.79 Å². The van der Waals surface area contributed by atoms with Gasteiger partial charge in [0.25, 0.3) is 5.91 Å². The van der Waals surface area contributed by atoms with E-state index < -0.39 is 0 Å². The zero-order chi connectivity index (χ0) is 20.2. The van der Waals surface area contributed by atoms with E-state index in [-0.39, 0.29) is 11.9 Å². The summed E-state index contributed by atoms with van der Waals surface area (Å²) < 4.78 is 1.03.